The lowest BCUT2D eigenvalue weighted by Gasteiger charge is -2.16. The minimum absolute atomic E-state index is 0.00192. The number of aromatic hydroxyl groups is 1. The minimum Gasteiger partial charge on any atom is -0.506 e. The van der Waals surface area contributed by atoms with E-state index in [1.165, 1.54) is 28.8 Å². The van der Waals surface area contributed by atoms with E-state index >= 15 is 0 Å². The van der Waals surface area contributed by atoms with E-state index < -0.39 is 48.1 Å². The number of nitrogens with one attached hydrogen (secondary N) is 1. The number of pyridine rings is 1. The average Bonchev–Trinajstić information content (AvgIpc) is 3.18. The molecule has 31 heavy (non-hydrogen) atoms. The number of aliphatic carboxylic acids is 1. The van der Waals surface area contributed by atoms with Crippen molar-refractivity contribution >= 4 is 11.9 Å². The molecule has 0 fully saturated rings. The zero-order chi connectivity index (χ0) is 22.8. The van der Waals surface area contributed by atoms with Gasteiger partial charge in [-0.05, 0) is 17.7 Å². The highest BCUT2D eigenvalue weighted by Gasteiger charge is 2.30. The number of aromatic nitrogens is 1. The van der Waals surface area contributed by atoms with Crippen molar-refractivity contribution in [1.29, 1.82) is 0 Å². The molecule has 2 heterocycles. The molecule has 0 unspecified atom stereocenters. The van der Waals surface area contributed by atoms with Gasteiger partial charge in [-0.1, -0.05) is 12.1 Å². The normalized spacial score (nSPS) is 13.0. The molecule has 2 aromatic rings. The molecule has 0 atom stereocenters. The molecular formula is C19H17F3N2O7. The molecule has 0 bridgehead atoms. The SMILES string of the molecule is O=C(O)CNC(=O)c1c(O)c2c(n(Cc3ccc(OCC(F)(F)F)cc3)c1=O)COC2. The third-order valence-electron chi connectivity index (χ3n) is 4.43. The van der Waals surface area contributed by atoms with Crippen LogP contribution in [0.3, 0.4) is 0 Å². The Bertz CT molecular complexity index is 1060. The van der Waals surface area contributed by atoms with E-state index in [0.29, 0.717) is 11.3 Å². The molecule has 3 rings (SSSR count). The van der Waals surface area contributed by atoms with Gasteiger partial charge in [-0.3, -0.25) is 14.4 Å². The Kier molecular flexibility index (Phi) is 6.20. The molecule has 12 heteroatoms. The second kappa shape index (κ2) is 8.68. The van der Waals surface area contributed by atoms with Gasteiger partial charge in [0.1, 0.15) is 23.6 Å². The number of ether oxygens (including phenoxy) is 2. The minimum atomic E-state index is -4.48. The number of carbonyl (C=O) groups excluding carboxylic acids is 1. The van der Waals surface area contributed by atoms with E-state index in [1.807, 2.05) is 5.32 Å². The number of benzene rings is 1. The van der Waals surface area contributed by atoms with Crippen molar-refractivity contribution in [3.63, 3.8) is 0 Å². The Hall–Kier alpha value is -3.54. The maximum atomic E-state index is 12.9. The number of rotatable bonds is 7. The summed E-state index contributed by atoms with van der Waals surface area (Å²) in [4.78, 5) is 35.9. The van der Waals surface area contributed by atoms with Gasteiger partial charge in [0.05, 0.1) is 25.5 Å². The Balaban J connectivity index is 1.90. The van der Waals surface area contributed by atoms with Gasteiger partial charge in [-0.15, -0.1) is 0 Å². The molecular weight excluding hydrogens is 425 g/mol. The highest BCUT2D eigenvalue weighted by molar-refractivity contribution is 5.98. The first kappa shape index (κ1) is 22.2. The fourth-order valence-electron chi connectivity index (χ4n) is 3.03. The molecule has 3 N–H and O–H groups in total. The van der Waals surface area contributed by atoms with Gasteiger partial charge in [0, 0.05) is 5.56 Å². The summed E-state index contributed by atoms with van der Waals surface area (Å²) in [6.07, 6.45) is -4.48. The summed E-state index contributed by atoms with van der Waals surface area (Å²) in [5, 5.41) is 21.1. The molecule has 0 spiro atoms. The third kappa shape index (κ3) is 5.15. The number of nitrogens with zero attached hydrogens (tertiary/aromatic N) is 1. The molecule has 166 valence electrons. The highest BCUT2D eigenvalue weighted by Crippen LogP contribution is 2.30. The molecule has 0 saturated heterocycles. The summed E-state index contributed by atoms with van der Waals surface area (Å²) in [5.41, 5.74) is -0.393. The molecule has 1 amide bonds. The van der Waals surface area contributed by atoms with E-state index in [9.17, 15) is 32.7 Å². The van der Waals surface area contributed by atoms with Gasteiger partial charge in [0.15, 0.2) is 6.61 Å². The fraction of sp³-hybridized carbons (Fsp3) is 0.316. The standard InChI is InChI=1S/C19H17F3N2O7/c20-19(21,22)9-31-11-3-1-10(2-4-11)6-24-13-8-30-7-12(13)16(27)15(18(24)29)17(28)23-5-14(25)26/h1-4,27H,5-9H2,(H,23,28)(H,25,26). The number of carbonyl (C=O) groups is 2. The van der Waals surface area contributed by atoms with E-state index in [-0.39, 0.29) is 31.1 Å². The van der Waals surface area contributed by atoms with Gasteiger partial charge in [0.25, 0.3) is 11.5 Å². The number of hydrogen-bond donors (Lipinski definition) is 3. The predicted octanol–water partition coefficient (Wildman–Crippen LogP) is 1.39. The first-order valence-electron chi connectivity index (χ1n) is 8.90. The number of amides is 1. The summed E-state index contributed by atoms with van der Waals surface area (Å²) in [5.74, 6) is -2.97. The van der Waals surface area contributed by atoms with Crippen LogP contribution in [0.1, 0.15) is 27.2 Å². The second-order valence-corrected chi connectivity index (χ2v) is 6.66. The summed E-state index contributed by atoms with van der Waals surface area (Å²) in [6, 6.07) is 5.53. The summed E-state index contributed by atoms with van der Waals surface area (Å²) in [7, 11) is 0. The first-order chi connectivity index (χ1) is 14.6. The molecule has 0 aliphatic carbocycles. The van der Waals surface area contributed by atoms with Crippen LogP contribution in [0.25, 0.3) is 0 Å². The number of alkyl halides is 3. The molecule has 1 aromatic heterocycles. The van der Waals surface area contributed by atoms with Crippen LogP contribution in [0.2, 0.25) is 0 Å². The number of carboxylic acids is 1. The van der Waals surface area contributed by atoms with Gasteiger partial charge in [-0.25, -0.2) is 0 Å². The number of carboxylic acid groups (broad SMARTS) is 1. The van der Waals surface area contributed by atoms with Crippen LogP contribution in [0.15, 0.2) is 29.1 Å². The number of fused-ring (bicyclic) bond motifs is 1. The zero-order valence-corrected chi connectivity index (χ0v) is 15.9. The molecule has 0 radical (unpaired) electrons. The Morgan fingerprint density at radius 1 is 1.19 bits per heavy atom. The van der Waals surface area contributed by atoms with Crippen LogP contribution in [0.4, 0.5) is 13.2 Å². The first-order valence-corrected chi connectivity index (χ1v) is 8.90. The van der Waals surface area contributed by atoms with Crippen LogP contribution >= 0.6 is 0 Å². The van der Waals surface area contributed by atoms with Crippen LogP contribution < -0.4 is 15.6 Å². The van der Waals surface area contributed by atoms with E-state index in [0.717, 1.165) is 0 Å². The molecule has 1 aliphatic heterocycles. The molecule has 0 saturated carbocycles. The molecule has 1 aromatic carbocycles. The zero-order valence-electron chi connectivity index (χ0n) is 15.9. The van der Waals surface area contributed by atoms with Crippen molar-refractivity contribution in [2.75, 3.05) is 13.2 Å². The van der Waals surface area contributed by atoms with Crippen molar-refractivity contribution in [2.24, 2.45) is 0 Å². The van der Waals surface area contributed by atoms with Crippen molar-refractivity contribution in [2.45, 2.75) is 25.9 Å². The molecule has 9 nitrogen and oxygen atoms in total. The largest absolute Gasteiger partial charge is 0.506 e. The van der Waals surface area contributed by atoms with E-state index in [2.05, 4.69) is 4.74 Å². The Morgan fingerprint density at radius 3 is 2.48 bits per heavy atom. The predicted molar refractivity (Wildman–Crippen MR) is 97.9 cm³/mol. The number of halogens is 3. The Morgan fingerprint density at radius 2 is 1.87 bits per heavy atom. The second-order valence-electron chi connectivity index (χ2n) is 6.66. The van der Waals surface area contributed by atoms with Crippen molar-refractivity contribution in [3.8, 4) is 11.5 Å². The average molecular weight is 442 g/mol. The van der Waals surface area contributed by atoms with Gasteiger partial charge in [0.2, 0.25) is 0 Å². The van der Waals surface area contributed by atoms with Crippen LogP contribution in [0.5, 0.6) is 11.5 Å². The maximum Gasteiger partial charge on any atom is 0.422 e. The summed E-state index contributed by atoms with van der Waals surface area (Å²) < 4.78 is 47.9. The van der Waals surface area contributed by atoms with Gasteiger partial charge >= 0.3 is 12.1 Å². The smallest absolute Gasteiger partial charge is 0.422 e. The quantitative estimate of drug-likeness (QED) is 0.591. The van der Waals surface area contributed by atoms with E-state index in [4.69, 9.17) is 9.84 Å². The number of hydrogen-bond acceptors (Lipinski definition) is 6. The Labute approximate surface area is 172 Å². The van der Waals surface area contributed by atoms with Gasteiger partial charge in [-0.2, -0.15) is 13.2 Å². The van der Waals surface area contributed by atoms with Crippen LogP contribution in [-0.2, 0) is 29.3 Å². The van der Waals surface area contributed by atoms with Crippen LogP contribution in [-0.4, -0.2) is 46.0 Å². The highest BCUT2D eigenvalue weighted by atomic mass is 19.4. The monoisotopic (exact) mass is 442 g/mol. The van der Waals surface area contributed by atoms with Crippen molar-refractivity contribution in [3.05, 3.63) is 57.0 Å². The lowest BCUT2D eigenvalue weighted by atomic mass is 10.1. The summed E-state index contributed by atoms with van der Waals surface area (Å²) >= 11 is 0. The van der Waals surface area contributed by atoms with Crippen molar-refractivity contribution in [1.82, 2.24) is 9.88 Å². The lowest BCUT2D eigenvalue weighted by Crippen LogP contribution is -2.37. The maximum absolute atomic E-state index is 12.9. The molecule has 1 aliphatic rings. The van der Waals surface area contributed by atoms with E-state index in [1.54, 1.807) is 0 Å². The van der Waals surface area contributed by atoms with Crippen LogP contribution in [0, 0.1) is 0 Å². The summed E-state index contributed by atoms with van der Waals surface area (Å²) in [6.45, 7) is -2.30. The van der Waals surface area contributed by atoms with Crippen molar-refractivity contribution < 1.29 is 42.4 Å². The topological polar surface area (TPSA) is 127 Å². The lowest BCUT2D eigenvalue weighted by molar-refractivity contribution is -0.153. The van der Waals surface area contributed by atoms with Gasteiger partial charge < -0.3 is 29.6 Å². The third-order valence-corrected chi connectivity index (χ3v) is 4.43. The fourth-order valence-corrected chi connectivity index (χ4v) is 3.03.